The molecule has 1 heterocycles. The fourth-order valence-corrected chi connectivity index (χ4v) is 3.54. The Balaban J connectivity index is 2.36. The Morgan fingerprint density at radius 2 is 1.84 bits per heavy atom. The molecule has 2 atom stereocenters. The molecule has 1 aliphatic carbocycles. The highest BCUT2D eigenvalue weighted by molar-refractivity contribution is 5.85. The van der Waals surface area contributed by atoms with E-state index in [1.807, 2.05) is 30.5 Å². The van der Waals surface area contributed by atoms with Gasteiger partial charge in [-0.1, -0.05) is 18.2 Å². The molecule has 0 aliphatic heterocycles. The summed E-state index contributed by atoms with van der Waals surface area (Å²) in [5, 5.41) is 0.940. The fourth-order valence-electron chi connectivity index (χ4n) is 3.54. The van der Waals surface area contributed by atoms with Crippen LogP contribution in [0.3, 0.4) is 0 Å². The number of rotatable bonds is 6. The molecule has 1 N–H and O–H groups in total. The van der Waals surface area contributed by atoms with Gasteiger partial charge in [0.05, 0.1) is 27.2 Å². The number of benzene rings is 1. The smallest absolute Gasteiger partial charge is 0.202 e. The van der Waals surface area contributed by atoms with Crippen LogP contribution in [0.15, 0.2) is 53.8 Å². The molecule has 0 fully saturated rings. The molecule has 1 aromatic heterocycles. The first kappa shape index (κ1) is 17.1. The van der Waals surface area contributed by atoms with Crippen LogP contribution in [-0.2, 0) is 29.3 Å². The number of aromatic amines is 1. The van der Waals surface area contributed by atoms with E-state index in [9.17, 15) is 4.79 Å². The molecule has 25 heavy (non-hydrogen) atoms. The van der Waals surface area contributed by atoms with E-state index < -0.39 is 11.5 Å². The van der Waals surface area contributed by atoms with Crippen molar-refractivity contribution in [2.75, 3.05) is 28.4 Å². The van der Waals surface area contributed by atoms with Crippen molar-refractivity contribution in [3.05, 3.63) is 59.4 Å². The molecule has 2 unspecified atom stereocenters. The number of para-hydroxylation sites is 1. The Labute approximate surface area is 146 Å². The molecular weight excluding hydrogens is 322 g/mol. The second kappa shape index (κ2) is 6.64. The number of carbonyl (C=O) groups excluding carboxylic acids is 1. The first-order valence-corrected chi connectivity index (χ1v) is 7.83. The second-order valence-corrected chi connectivity index (χ2v) is 5.65. The number of methoxy groups -OCH3 is 4. The van der Waals surface area contributed by atoms with Gasteiger partial charge in [-0.2, -0.15) is 0 Å². The summed E-state index contributed by atoms with van der Waals surface area (Å²) in [5.74, 6) is 0.568. The van der Waals surface area contributed by atoms with Crippen molar-refractivity contribution in [3.63, 3.8) is 0 Å². The highest BCUT2D eigenvalue weighted by Gasteiger charge is 2.52. The number of hydrogen-bond donors (Lipinski definition) is 1. The van der Waals surface area contributed by atoms with Crippen LogP contribution in [-0.4, -0.2) is 39.7 Å². The molecule has 0 bridgehead atoms. The maximum atomic E-state index is 12.0. The average molecular weight is 343 g/mol. The number of hydrogen-bond acceptors (Lipinski definition) is 5. The topological polar surface area (TPSA) is 69.8 Å². The maximum absolute atomic E-state index is 12.0. The minimum Gasteiger partial charge on any atom is -0.494 e. The maximum Gasteiger partial charge on any atom is 0.202 e. The zero-order valence-electron chi connectivity index (χ0n) is 14.7. The summed E-state index contributed by atoms with van der Waals surface area (Å²) in [7, 11) is 6.12. The SMILES string of the molecule is COC1=CC(C=O)C(OC)(c2c[nH]c3ccccc23)C(OC)=C1OC. The highest BCUT2D eigenvalue weighted by Crippen LogP contribution is 2.48. The van der Waals surface area contributed by atoms with E-state index in [0.717, 1.165) is 22.8 Å². The Bertz CT molecular complexity index is 850. The van der Waals surface area contributed by atoms with Crippen LogP contribution in [0.25, 0.3) is 10.9 Å². The van der Waals surface area contributed by atoms with Crippen LogP contribution in [0.4, 0.5) is 0 Å². The zero-order valence-corrected chi connectivity index (χ0v) is 14.7. The van der Waals surface area contributed by atoms with Gasteiger partial charge in [0.15, 0.2) is 17.1 Å². The largest absolute Gasteiger partial charge is 0.494 e. The molecule has 6 heteroatoms. The van der Waals surface area contributed by atoms with Gasteiger partial charge in [0, 0.05) is 29.8 Å². The number of aldehydes is 1. The molecule has 0 spiro atoms. The molecule has 1 aliphatic rings. The molecule has 0 radical (unpaired) electrons. The lowest BCUT2D eigenvalue weighted by atomic mass is 9.76. The summed E-state index contributed by atoms with van der Waals surface area (Å²) in [6.07, 6.45) is 4.36. The van der Waals surface area contributed by atoms with E-state index in [1.54, 1.807) is 13.2 Å². The lowest BCUT2D eigenvalue weighted by molar-refractivity contribution is -0.122. The molecule has 0 amide bonds. The van der Waals surface area contributed by atoms with Crippen molar-refractivity contribution in [3.8, 4) is 0 Å². The third kappa shape index (κ3) is 2.33. The summed E-state index contributed by atoms with van der Waals surface area (Å²) < 4.78 is 22.5. The van der Waals surface area contributed by atoms with E-state index >= 15 is 0 Å². The highest BCUT2D eigenvalue weighted by atomic mass is 16.6. The predicted molar refractivity (Wildman–Crippen MR) is 92.7 cm³/mol. The predicted octanol–water partition coefficient (Wildman–Crippen LogP) is 2.87. The third-order valence-electron chi connectivity index (χ3n) is 4.65. The van der Waals surface area contributed by atoms with Gasteiger partial charge in [0.1, 0.15) is 6.29 Å². The van der Waals surface area contributed by atoms with Gasteiger partial charge >= 0.3 is 0 Å². The average Bonchev–Trinajstić information content (AvgIpc) is 3.10. The second-order valence-electron chi connectivity index (χ2n) is 5.65. The lowest BCUT2D eigenvalue weighted by Crippen LogP contribution is -2.43. The molecule has 1 aromatic carbocycles. The van der Waals surface area contributed by atoms with Crippen molar-refractivity contribution in [1.82, 2.24) is 4.98 Å². The van der Waals surface area contributed by atoms with Crippen molar-refractivity contribution < 1.29 is 23.7 Å². The first-order valence-electron chi connectivity index (χ1n) is 7.83. The summed E-state index contributed by atoms with van der Waals surface area (Å²) >= 11 is 0. The normalized spacial score (nSPS) is 23.4. The first-order chi connectivity index (χ1) is 12.2. The van der Waals surface area contributed by atoms with Crippen LogP contribution in [0.1, 0.15) is 5.56 Å². The lowest BCUT2D eigenvalue weighted by Gasteiger charge is -2.40. The fraction of sp³-hybridized carbons (Fsp3) is 0.316. The molecule has 0 saturated heterocycles. The van der Waals surface area contributed by atoms with Crippen LogP contribution in [0.5, 0.6) is 0 Å². The van der Waals surface area contributed by atoms with Gasteiger partial charge in [-0.3, -0.25) is 0 Å². The summed E-state index contributed by atoms with van der Waals surface area (Å²) in [6, 6.07) is 7.81. The number of carbonyl (C=O) groups is 1. The van der Waals surface area contributed by atoms with Gasteiger partial charge in [0.2, 0.25) is 5.76 Å². The van der Waals surface area contributed by atoms with Gasteiger partial charge in [-0.25, -0.2) is 0 Å². The van der Waals surface area contributed by atoms with Gasteiger partial charge in [0.25, 0.3) is 0 Å². The zero-order chi connectivity index (χ0) is 18.0. The summed E-state index contributed by atoms with van der Waals surface area (Å²) in [5.41, 5.74) is 0.568. The number of fused-ring (bicyclic) bond motifs is 1. The summed E-state index contributed by atoms with van der Waals surface area (Å²) in [6.45, 7) is 0. The van der Waals surface area contributed by atoms with Gasteiger partial charge < -0.3 is 28.7 Å². The molecule has 3 rings (SSSR count). The van der Waals surface area contributed by atoms with Crippen molar-refractivity contribution in [1.29, 1.82) is 0 Å². The van der Waals surface area contributed by atoms with Gasteiger partial charge in [-0.05, 0) is 12.1 Å². The van der Waals surface area contributed by atoms with Crippen molar-refractivity contribution in [2.24, 2.45) is 5.92 Å². The Morgan fingerprint density at radius 3 is 2.44 bits per heavy atom. The van der Waals surface area contributed by atoms with E-state index in [-0.39, 0.29) is 0 Å². The van der Waals surface area contributed by atoms with Crippen LogP contribution in [0, 0.1) is 5.92 Å². The number of ether oxygens (including phenoxy) is 4. The van der Waals surface area contributed by atoms with E-state index in [1.165, 1.54) is 21.3 Å². The van der Waals surface area contributed by atoms with Crippen LogP contribution in [0.2, 0.25) is 0 Å². The third-order valence-corrected chi connectivity index (χ3v) is 4.65. The monoisotopic (exact) mass is 343 g/mol. The molecular formula is C19H21NO5. The summed E-state index contributed by atoms with van der Waals surface area (Å²) in [4.78, 5) is 15.2. The minimum atomic E-state index is -1.16. The Hall–Kier alpha value is -2.73. The van der Waals surface area contributed by atoms with Crippen LogP contribution >= 0.6 is 0 Å². The number of nitrogens with one attached hydrogen (secondary N) is 1. The minimum absolute atomic E-state index is 0.388. The Morgan fingerprint density at radius 1 is 1.08 bits per heavy atom. The van der Waals surface area contributed by atoms with Crippen LogP contribution < -0.4 is 0 Å². The number of aromatic nitrogens is 1. The quantitative estimate of drug-likeness (QED) is 0.817. The standard InChI is InChI=1S/C19H21NO5/c1-22-16-9-12(11-21)19(25-4,18(24-3)17(16)23-2)14-10-20-15-8-6-5-7-13(14)15/h5-12,20H,1-4H3. The van der Waals surface area contributed by atoms with Crippen molar-refractivity contribution in [2.45, 2.75) is 5.60 Å². The number of H-pyrrole nitrogens is 1. The van der Waals surface area contributed by atoms with Crippen molar-refractivity contribution >= 4 is 17.2 Å². The van der Waals surface area contributed by atoms with E-state index in [4.69, 9.17) is 18.9 Å². The van der Waals surface area contributed by atoms with Gasteiger partial charge in [-0.15, -0.1) is 0 Å². The molecule has 6 nitrogen and oxygen atoms in total. The van der Waals surface area contributed by atoms with E-state index in [0.29, 0.717) is 17.3 Å². The van der Waals surface area contributed by atoms with E-state index in [2.05, 4.69) is 4.98 Å². The Kier molecular flexibility index (Phi) is 4.55. The molecule has 0 saturated carbocycles. The molecule has 132 valence electrons. The molecule has 2 aromatic rings.